The van der Waals surface area contributed by atoms with Gasteiger partial charge in [0.25, 0.3) is 11.8 Å². The highest BCUT2D eigenvalue weighted by Gasteiger charge is 2.33. The Morgan fingerprint density at radius 2 is 1.82 bits per heavy atom. The lowest BCUT2D eigenvalue weighted by atomic mass is 10.1. The molecule has 22 heavy (non-hydrogen) atoms. The number of aliphatic hydroxyl groups excluding tert-OH is 2. The number of ether oxygens (including phenoxy) is 2. The molecular formula is C13H21NO8. The number of hydrogen-bond acceptors (Lipinski definition) is 8. The molecule has 1 fully saturated rings. The smallest absolute Gasteiger partial charge is 0.432 e. The zero-order chi connectivity index (χ0) is 16.4. The molecule has 0 saturated carbocycles. The molecule has 1 rings (SSSR count). The number of carbonyl (C=O) groups excluding carboxylic acids is 3. The number of nitrogens with zero attached hydrogens (tertiary/aromatic N) is 1. The Hall–Kier alpha value is -1.71. The maximum absolute atomic E-state index is 11.4. The van der Waals surface area contributed by atoms with Crippen molar-refractivity contribution in [1.29, 1.82) is 0 Å². The van der Waals surface area contributed by atoms with Gasteiger partial charge in [0.15, 0.2) is 0 Å². The van der Waals surface area contributed by atoms with Gasteiger partial charge in [-0.2, -0.15) is 0 Å². The fourth-order valence-electron chi connectivity index (χ4n) is 1.76. The molecular weight excluding hydrogens is 298 g/mol. The van der Waals surface area contributed by atoms with Gasteiger partial charge in [0.1, 0.15) is 6.61 Å². The summed E-state index contributed by atoms with van der Waals surface area (Å²) < 4.78 is 10.1. The van der Waals surface area contributed by atoms with Gasteiger partial charge >= 0.3 is 6.16 Å². The molecule has 1 aliphatic rings. The minimum absolute atomic E-state index is 0.0119. The molecule has 0 radical (unpaired) electrons. The van der Waals surface area contributed by atoms with E-state index >= 15 is 0 Å². The highest BCUT2D eigenvalue weighted by atomic mass is 16.8. The summed E-state index contributed by atoms with van der Waals surface area (Å²) in [4.78, 5) is 38.5. The highest BCUT2D eigenvalue weighted by Crippen LogP contribution is 2.13. The first-order valence-electron chi connectivity index (χ1n) is 7.08. The van der Waals surface area contributed by atoms with E-state index in [-0.39, 0.29) is 45.2 Å². The zero-order valence-corrected chi connectivity index (χ0v) is 12.2. The van der Waals surface area contributed by atoms with E-state index in [1.807, 2.05) is 0 Å². The monoisotopic (exact) mass is 319 g/mol. The molecule has 9 nitrogen and oxygen atoms in total. The van der Waals surface area contributed by atoms with Gasteiger partial charge in [-0.05, 0) is 12.8 Å². The zero-order valence-electron chi connectivity index (χ0n) is 12.2. The van der Waals surface area contributed by atoms with Crippen LogP contribution in [0.4, 0.5) is 4.79 Å². The van der Waals surface area contributed by atoms with Crippen LogP contribution >= 0.6 is 0 Å². The van der Waals surface area contributed by atoms with Gasteiger partial charge in [0, 0.05) is 38.6 Å². The van der Waals surface area contributed by atoms with Gasteiger partial charge < -0.3 is 19.7 Å². The maximum Gasteiger partial charge on any atom is 0.533 e. The van der Waals surface area contributed by atoms with Crippen molar-refractivity contribution in [2.24, 2.45) is 5.92 Å². The summed E-state index contributed by atoms with van der Waals surface area (Å²) in [5, 5.41) is 18.0. The Morgan fingerprint density at radius 3 is 2.41 bits per heavy atom. The topological polar surface area (TPSA) is 123 Å². The first kappa shape index (κ1) is 18.3. The van der Waals surface area contributed by atoms with Crippen molar-refractivity contribution in [2.45, 2.75) is 25.7 Å². The van der Waals surface area contributed by atoms with E-state index in [2.05, 4.69) is 4.84 Å². The number of carbonyl (C=O) groups is 3. The lowest BCUT2D eigenvalue weighted by molar-refractivity contribution is -0.177. The van der Waals surface area contributed by atoms with Gasteiger partial charge in [-0.1, -0.05) is 5.06 Å². The normalized spacial score (nSPS) is 16.0. The van der Waals surface area contributed by atoms with Crippen LogP contribution in [0.5, 0.6) is 0 Å². The molecule has 1 atom stereocenters. The Kier molecular flexibility index (Phi) is 8.41. The summed E-state index contributed by atoms with van der Waals surface area (Å²) in [5.41, 5.74) is 0. The van der Waals surface area contributed by atoms with Crippen molar-refractivity contribution in [1.82, 2.24) is 5.06 Å². The summed E-state index contributed by atoms with van der Waals surface area (Å²) in [5.74, 6) is -1.41. The Labute approximate surface area is 127 Å². The molecule has 126 valence electrons. The Morgan fingerprint density at radius 1 is 1.14 bits per heavy atom. The van der Waals surface area contributed by atoms with Gasteiger partial charge in [0.05, 0.1) is 6.61 Å². The van der Waals surface area contributed by atoms with Gasteiger partial charge in [-0.25, -0.2) is 4.79 Å². The summed E-state index contributed by atoms with van der Waals surface area (Å²) in [6.07, 6.45) is -0.278. The first-order chi connectivity index (χ1) is 10.6. The standard InChI is InChI=1S/C13H21NO8/c15-5-1-7-20-8-10(4-6-16)9-21-13(19)22-14-11(17)2-3-12(14)18/h10,15-16H,1-9H2. The molecule has 1 heterocycles. The summed E-state index contributed by atoms with van der Waals surface area (Å²) >= 11 is 0. The van der Waals surface area contributed by atoms with Crippen LogP contribution in [0.1, 0.15) is 25.7 Å². The van der Waals surface area contributed by atoms with E-state index in [0.29, 0.717) is 24.5 Å². The predicted octanol–water partition coefficient (Wildman–Crippen LogP) is -0.399. The third-order valence-corrected chi connectivity index (χ3v) is 2.95. The number of hydroxylamine groups is 2. The fourth-order valence-corrected chi connectivity index (χ4v) is 1.76. The van der Waals surface area contributed by atoms with Gasteiger partial charge in [-0.15, -0.1) is 0 Å². The van der Waals surface area contributed by atoms with Crippen molar-refractivity contribution in [3.63, 3.8) is 0 Å². The molecule has 1 unspecified atom stereocenters. The number of hydrogen-bond donors (Lipinski definition) is 2. The molecule has 0 spiro atoms. The first-order valence-corrected chi connectivity index (χ1v) is 7.08. The number of rotatable bonds is 10. The molecule has 0 aliphatic carbocycles. The van der Waals surface area contributed by atoms with Crippen molar-refractivity contribution >= 4 is 18.0 Å². The summed E-state index contributed by atoms with van der Waals surface area (Å²) in [7, 11) is 0. The molecule has 0 aromatic carbocycles. The molecule has 1 aliphatic heterocycles. The average molecular weight is 319 g/mol. The SMILES string of the molecule is O=C(OCC(CCO)COCCCO)ON1C(=O)CCC1=O. The minimum Gasteiger partial charge on any atom is -0.432 e. The predicted molar refractivity (Wildman–Crippen MR) is 71.2 cm³/mol. The van der Waals surface area contributed by atoms with Crippen LogP contribution in [-0.2, 0) is 23.9 Å². The van der Waals surface area contributed by atoms with Crippen LogP contribution in [0.25, 0.3) is 0 Å². The van der Waals surface area contributed by atoms with Crippen LogP contribution in [0.3, 0.4) is 0 Å². The lowest BCUT2D eigenvalue weighted by Gasteiger charge is -2.17. The molecule has 2 N–H and O–H groups in total. The number of aliphatic hydroxyl groups is 2. The average Bonchev–Trinajstić information content (AvgIpc) is 2.81. The van der Waals surface area contributed by atoms with Crippen molar-refractivity contribution in [2.75, 3.05) is 33.0 Å². The van der Waals surface area contributed by atoms with E-state index in [1.165, 1.54) is 0 Å². The third kappa shape index (κ3) is 6.37. The molecule has 0 bridgehead atoms. The van der Waals surface area contributed by atoms with Crippen LogP contribution in [0.15, 0.2) is 0 Å². The van der Waals surface area contributed by atoms with Gasteiger partial charge in [-0.3, -0.25) is 14.4 Å². The van der Waals surface area contributed by atoms with E-state index in [4.69, 9.17) is 19.7 Å². The van der Waals surface area contributed by atoms with Crippen molar-refractivity contribution in [3.8, 4) is 0 Å². The number of imide groups is 1. The molecule has 0 aromatic heterocycles. The molecule has 0 aromatic rings. The second-order valence-electron chi connectivity index (χ2n) is 4.76. The third-order valence-electron chi connectivity index (χ3n) is 2.95. The van der Waals surface area contributed by atoms with E-state index in [0.717, 1.165) is 0 Å². The van der Waals surface area contributed by atoms with Crippen molar-refractivity contribution in [3.05, 3.63) is 0 Å². The van der Waals surface area contributed by atoms with Crippen LogP contribution < -0.4 is 0 Å². The van der Waals surface area contributed by atoms with Gasteiger partial charge in [0.2, 0.25) is 0 Å². The second-order valence-corrected chi connectivity index (χ2v) is 4.76. The van der Waals surface area contributed by atoms with Crippen LogP contribution in [0, 0.1) is 5.92 Å². The molecule has 9 heteroatoms. The summed E-state index contributed by atoms with van der Waals surface area (Å²) in [6.45, 7) is 0.449. The molecule has 1 saturated heterocycles. The largest absolute Gasteiger partial charge is 0.533 e. The number of amides is 2. The van der Waals surface area contributed by atoms with E-state index in [9.17, 15) is 14.4 Å². The highest BCUT2D eigenvalue weighted by molar-refractivity contribution is 6.01. The van der Waals surface area contributed by atoms with Crippen LogP contribution in [-0.4, -0.2) is 66.3 Å². The lowest BCUT2D eigenvalue weighted by Crippen LogP contribution is -2.33. The maximum atomic E-state index is 11.4. The summed E-state index contributed by atoms with van der Waals surface area (Å²) in [6, 6.07) is 0. The minimum atomic E-state index is -1.15. The Balaban J connectivity index is 2.29. The van der Waals surface area contributed by atoms with E-state index in [1.54, 1.807) is 0 Å². The quantitative estimate of drug-likeness (QED) is 0.317. The fraction of sp³-hybridized carbons (Fsp3) is 0.769. The van der Waals surface area contributed by atoms with Crippen LogP contribution in [0.2, 0.25) is 0 Å². The van der Waals surface area contributed by atoms with E-state index < -0.39 is 18.0 Å². The molecule has 2 amide bonds. The van der Waals surface area contributed by atoms with Crippen molar-refractivity contribution < 1.29 is 38.9 Å². The Bertz CT molecular complexity index is 370. The second kappa shape index (κ2) is 10.1.